The van der Waals surface area contributed by atoms with E-state index in [1.165, 1.54) is 12.1 Å². The number of aromatic nitrogens is 2. The first-order valence-electron chi connectivity index (χ1n) is 7.28. The maximum atomic E-state index is 12.2. The third-order valence-electron chi connectivity index (χ3n) is 2.96. The summed E-state index contributed by atoms with van der Waals surface area (Å²) in [5, 5.41) is 3.68. The molecule has 0 fully saturated rings. The van der Waals surface area contributed by atoms with Crippen molar-refractivity contribution in [1.82, 2.24) is 14.9 Å². The quantitative estimate of drug-likeness (QED) is 0.779. The lowest BCUT2D eigenvalue weighted by molar-refractivity contribution is 0.395. The monoisotopic (exact) mass is 347 g/mol. The lowest BCUT2D eigenvalue weighted by atomic mass is 10.1. The minimum absolute atomic E-state index is 0.117. The van der Waals surface area contributed by atoms with Gasteiger partial charge in [0.05, 0.1) is 0 Å². The Bertz CT molecular complexity index is 937. The fraction of sp³-hybridized carbons (Fsp3) is 0.250. The van der Waals surface area contributed by atoms with E-state index in [4.69, 9.17) is 8.94 Å². The molecule has 0 saturated carbocycles. The van der Waals surface area contributed by atoms with E-state index in [9.17, 15) is 8.42 Å². The molecule has 8 heteroatoms. The molecule has 0 amide bonds. The number of benzene rings is 1. The number of rotatable bonds is 4. The van der Waals surface area contributed by atoms with E-state index in [0.717, 1.165) is 5.56 Å². The molecule has 3 aromatic rings. The molecule has 0 aliphatic rings. The zero-order valence-corrected chi connectivity index (χ0v) is 14.3. The molecule has 0 radical (unpaired) electrons. The van der Waals surface area contributed by atoms with Crippen molar-refractivity contribution >= 4 is 10.0 Å². The van der Waals surface area contributed by atoms with Gasteiger partial charge >= 0.3 is 0 Å². The third-order valence-corrected chi connectivity index (χ3v) is 4.59. The van der Waals surface area contributed by atoms with Crippen molar-refractivity contribution < 1.29 is 17.4 Å². The predicted octanol–water partition coefficient (Wildman–Crippen LogP) is 3.07. The van der Waals surface area contributed by atoms with Crippen LogP contribution in [-0.4, -0.2) is 24.1 Å². The summed E-state index contributed by atoms with van der Waals surface area (Å²) in [6.07, 6.45) is 0. The summed E-state index contributed by atoms with van der Waals surface area (Å²) >= 11 is 0. The lowest BCUT2D eigenvalue weighted by Gasteiger charge is -2.18. The first-order valence-corrected chi connectivity index (χ1v) is 8.76. The van der Waals surface area contributed by atoms with E-state index < -0.39 is 15.6 Å². The molecule has 2 heterocycles. The molecule has 3 rings (SSSR count). The second kappa shape index (κ2) is 5.88. The van der Waals surface area contributed by atoms with E-state index in [-0.39, 0.29) is 16.7 Å². The summed E-state index contributed by atoms with van der Waals surface area (Å²) < 4.78 is 37.6. The number of furan rings is 1. The van der Waals surface area contributed by atoms with Crippen molar-refractivity contribution in [3.8, 4) is 23.0 Å². The molecule has 1 aromatic carbocycles. The Morgan fingerprint density at radius 1 is 1.04 bits per heavy atom. The van der Waals surface area contributed by atoms with Gasteiger partial charge in [0.15, 0.2) is 5.76 Å². The van der Waals surface area contributed by atoms with Gasteiger partial charge in [0.1, 0.15) is 0 Å². The minimum Gasteiger partial charge on any atom is -0.438 e. The molecule has 0 unspecified atom stereocenters. The van der Waals surface area contributed by atoms with Gasteiger partial charge in [-0.1, -0.05) is 35.5 Å². The highest BCUT2D eigenvalue weighted by atomic mass is 32.2. The maximum absolute atomic E-state index is 12.2. The first-order chi connectivity index (χ1) is 11.2. The smallest absolute Gasteiger partial charge is 0.293 e. The minimum atomic E-state index is -3.76. The van der Waals surface area contributed by atoms with Gasteiger partial charge in [-0.25, -0.2) is 13.1 Å². The Balaban J connectivity index is 1.88. The summed E-state index contributed by atoms with van der Waals surface area (Å²) in [7, 11) is -3.76. The highest BCUT2D eigenvalue weighted by Gasteiger charge is 2.26. The summed E-state index contributed by atoms with van der Waals surface area (Å²) in [6, 6.07) is 12.1. The molecule has 0 bridgehead atoms. The second-order valence-electron chi connectivity index (χ2n) is 6.26. The Hall–Kier alpha value is -2.45. The van der Waals surface area contributed by atoms with Gasteiger partial charge in [0.25, 0.3) is 15.9 Å². The molecule has 2 aromatic heterocycles. The van der Waals surface area contributed by atoms with Crippen LogP contribution in [0.5, 0.6) is 0 Å². The molecule has 0 saturated heterocycles. The van der Waals surface area contributed by atoms with Crippen LogP contribution < -0.4 is 4.72 Å². The molecule has 0 aliphatic heterocycles. The standard InChI is InChI=1S/C16H17N3O4S/c1-16(2,3)19-24(20,21)13-10-9-12(22-13)15-17-14(18-23-15)11-7-5-4-6-8-11/h4-10,19H,1-3H3. The van der Waals surface area contributed by atoms with Gasteiger partial charge in [-0.15, -0.1) is 0 Å². The molecule has 126 valence electrons. The summed E-state index contributed by atoms with van der Waals surface area (Å²) in [5.41, 5.74) is 0.179. The zero-order chi connectivity index (χ0) is 17.4. The molecule has 0 aliphatic carbocycles. The highest BCUT2D eigenvalue weighted by Crippen LogP contribution is 2.26. The van der Waals surface area contributed by atoms with Crippen LogP contribution in [0.15, 0.2) is 56.5 Å². The van der Waals surface area contributed by atoms with Crippen LogP contribution in [-0.2, 0) is 10.0 Å². The number of sulfonamides is 1. The molecular formula is C16H17N3O4S. The fourth-order valence-corrected chi connectivity index (χ4v) is 3.41. The van der Waals surface area contributed by atoms with Crippen LogP contribution in [0.1, 0.15) is 20.8 Å². The van der Waals surface area contributed by atoms with Crippen molar-refractivity contribution in [1.29, 1.82) is 0 Å². The maximum Gasteiger partial charge on any atom is 0.293 e. The predicted molar refractivity (Wildman–Crippen MR) is 87.5 cm³/mol. The van der Waals surface area contributed by atoms with Crippen LogP contribution >= 0.6 is 0 Å². The molecule has 1 N–H and O–H groups in total. The second-order valence-corrected chi connectivity index (χ2v) is 7.88. The summed E-state index contributed by atoms with van der Waals surface area (Å²) in [6.45, 7) is 5.25. The highest BCUT2D eigenvalue weighted by molar-refractivity contribution is 7.89. The number of nitrogens with zero attached hydrogens (tertiary/aromatic N) is 2. The van der Waals surface area contributed by atoms with Gasteiger partial charge in [-0.2, -0.15) is 4.98 Å². The number of nitrogens with one attached hydrogen (secondary N) is 1. The fourth-order valence-electron chi connectivity index (χ4n) is 2.06. The Kier molecular flexibility index (Phi) is 4.02. The molecule has 24 heavy (non-hydrogen) atoms. The average molecular weight is 347 g/mol. The largest absolute Gasteiger partial charge is 0.438 e. The first kappa shape index (κ1) is 16.4. The molecular weight excluding hydrogens is 330 g/mol. The molecule has 0 atom stereocenters. The van der Waals surface area contributed by atoms with Crippen LogP contribution in [0.4, 0.5) is 0 Å². The lowest BCUT2D eigenvalue weighted by Crippen LogP contribution is -2.40. The summed E-state index contributed by atoms with van der Waals surface area (Å²) in [4.78, 5) is 4.23. The number of hydrogen-bond donors (Lipinski definition) is 1. The van der Waals surface area contributed by atoms with Gasteiger partial charge in [0, 0.05) is 11.1 Å². The van der Waals surface area contributed by atoms with Crippen molar-refractivity contribution in [2.75, 3.05) is 0 Å². The third kappa shape index (κ3) is 3.55. The Morgan fingerprint density at radius 3 is 2.42 bits per heavy atom. The Morgan fingerprint density at radius 2 is 1.75 bits per heavy atom. The topological polar surface area (TPSA) is 98.2 Å². The molecule has 7 nitrogen and oxygen atoms in total. The van der Waals surface area contributed by atoms with Gasteiger partial charge in [-0.05, 0) is 32.9 Å². The van der Waals surface area contributed by atoms with Crippen LogP contribution in [0.25, 0.3) is 23.0 Å². The van der Waals surface area contributed by atoms with Crippen LogP contribution in [0, 0.1) is 0 Å². The van der Waals surface area contributed by atoms with Crippen molar-refractivity contribution in [2.45, 2.75) is 31.4 Å². The van der Waals surface area contributed by atoms with E-state index >= 15 is 0 Å². The van der Waals surface area contributed by atoms with Gasteiger partial charge in [-0.3, -0.25) is 0 Å². The van der Waals surface area contributed by atoms with E-state index in [1.807, 2.05) is 30.3 Å². The van der Waals surface area contributed by atoms with E-state index in [0.29, 0.717) is 5.82 Å². The molecule has 0 spiro atoms. The van der Waals surface area contributed by atoms with Crippen molar-refractivity contribution in [2.24, 2.45) is 0 Å². The SMILES string of the molecule is CC(C)(C)NS(=O)(=O)c1ccc(-c2nc(-c3ccccc3)no2)o1. The van der Waals surface area contributed by atoms with E-state index in [1.54, 1.807) is 20.8 Å². The van der Waals surface area contributed by atoms with Crippen molar-refractivity contribution in [3.05, 3.63) is 42.5 Å². The van der Waals surface area contributed by atoms with Gasteiger partial charge in [0.2, 0.25) is 10.9 Å². The zero-order valence-electron chi connectivity index (χ0n) is 13.5. The van der Waals surface area contributed by atoms with Crippen LogP contribution in [0.3, 0.4) is 0 Å². The number of hydrogen-bond acceptors (Lipinski definition) is 6. The van der Waals surface area contributed by atoms with Crippen LogP contribution in [0.2, 0.25) is 0 Å². The van der Waals surface area contributed by atoms with Crippen molar-refractivity contribution in [3.63, 3.8) is 0 Å². The normalized spacial score (nSPS) is 12.5. The van der Waals surface area contributed by atoms with Gasteiger partial charge < -0.3 is 8.94 Å². The van der Waals surface area contributed by atoms with E-state index in [2.05, 4.69) is 14.9 Å². The Labute approximate surface area is 139 Å². The summed E-state index contributed by atoms with van der Waals surface area (Å²) in [5.74, 6) is 0.712. The average Bonchev–Trinajstić information content (AvgIpc) is 3.15.